The molecule has 0 spiro atoms. The SMILES string of the molecule is C=C(/C(C(=O)O)=C(/C)ON)C1CC=CC(F)=C1C. The van der Waals surface area contributed by atoms with E-state index in [-0.39, 0.29) is 23.1 Å². The van der Waals surface area contributed by atoms with Crippen molar-refractivity contribution in [2.45, 2.75) is 20.3 Å². The van der Waals surface area contributed by atoms with Crippen LogP contribution in [0.4, 0.5) is 4.39 Å². The Morgan fingerprint density at radius 1 is 1.67 bits per heavy atom. The minimum Gasteiger partial charge on any atom is -0.478 e. The molecule has 5 heteroatoms. The summed E-state index contributed by atoms with van der Waals surface area (Å²) in [5, 5.41) is 9.15. The predicted octanol–water partition coefficient (Wildman–Crippen LogP) is 2.61. The number of allylic oxidation sites excluding steroid dienone is 5. The van der Waals surface area contributed by atoms with E-state index < -0.39 is 5.97 Å². The third kappa shape index (κ3) is 2.68. The normalized spacial score (nSPS) is 20.6. The Bertz CT molecular complexity index is 475. The molecule has 0 aromatic carbocycles. The zero-order valence-corrected chi connectivity index (χ0v) is 10.4. The summed E-state index contributed by atoms with van der Waals surface area (Å²) in [5.41, 5.74) is 0.651. The summed E-state index contributed by atoms with van der Waals surface area (Å²) in [6.07, 6.45) is 3.53. The maximum Gasteiger partial charge on any atom is 0.339 e. The van der Waals surface area contributed by atoms with Crippen molar-refractivity contribution in [1.82, 2.24) is 0 Å². The first kappa shape index (κ1) is 14.2. The molecule has 0 aromatic heterocycles. The minimum absolute atomic E-state index is 0.0512. The summed E-state index contributed by atoms with van der Waals surface area (Å²) in [4.78, 5) is 15.6. The molecule has 0 amide bonds. The summed E-state index contributed by atoms with van der Waals surface area (Å²) < 4.78 is 13.5. The van der Waals surface area contributed by atoms with Gasteiger partial charge in [-0.15, -0.1) is 0 Å². The molecule has 0 aromatic rings. The zero-order chi connectivity index (χ0) is 13.9. The number of halogens is 1. The minimum atomic E-state index is -1.19. The molecule has 1 aliphatic carbocycles. The molecule has 3 N–H and O–H groups in total. The average molecular weight is 253 g/mol. The van der Waals surface area contributed by atoms with Gasteiger partial charge in [-0.05, 0) is 37.5 Å². The topological polar surface area (TPSA) is 72.5 Å². The average Bonchev–Trinajstić information content (AvgIpc) is 2.31. The van der Waals surface area contributed by atoms with Gasteiger partial charge in [0.05, 0.1) is 0 Å². The van der Waals surface area contributed by atoms with Gasteiger partial charge in [-0.2, -0.15) is 5.90 Å². The van der Waals surface area contributed by atoms with Crippen LogP contribution in [-0.2, 0) is 9.63 Å². The Labute approximate surface area is 105 Å². The molecule has 1 rings (SSSR count). The van der Waals surface area contributed by atoms with Crippen molar-refractivity contribution in [3.63, 3.8) is 0 Å². The summed E-state index contributed by atoms with van der Waals surface area (Å²) in [6, 6.07) is 0. The third-order valence-corrected chi connectivity index (χ3v) is 3.02. The van der Waals surface area contributed by atoms with Crippen LogP contribution in [0.2, 0.25) is 0 Å². The quantitative estimate of drug-likeness (QED) is 0.349. The molecule has 1 atom stereocenters. The number of carboxylic acid groups (broad SMARTS) is 1. The van der Waals surface area contributed by atoms with E-state index in [9.17, 15) is 9.18 Å². The highest BCUT2D eigenvalue weighted by molar-refractivity contribution is 5.92. The van der Waals surface area contributed by atoms with E-state index in [1.807, 2.05) is 0 Å². The van der Waals surface area contributed by atoms with Crippen molar-refractivity contribution in [3.8, 4) is 0 Å². The van der Waals surface area contributed by atoms with Crippen molar-refractivity contribution < 1.29 is 19.1 Å². The van der Waals surface area contributed by atoms with Gasteiger partial charge in [0, 0.05) is 5.92 Å². The lowest BCUT2D eigenvalue weighted by molar-refractivity contribution is -0.132. The molecule has 0 radical (unpaired) electrons. The van der Waals surface area contributed by atoms with E-state index in [1.165, 1.54) is 13.0 Å². The van der Waals surface area contributed by atoms with Crippen molar-refractivity contribution >= 4 is 5.97 Å². The molecule has 18 heavy (non-hydrogen) atoms. The maximum atomic E-state index is 13.5. The lowest BCUT2D eigenvalue weighted by Gasteiger charge is -2.23. The first-order chi connectivity index (χ1) is 8.40. The van der Waals surface area contributed by atoms with Crippen LogP contribution in [0.1, 0.15) is 20.3 Å². The predicted molar refractivity (Wildman–Crippen MR) is 65.8 cm³/mol. The fourth-order valence-electron chi connectivity index (χ4n) is 1.93. The summed E-state index contributed by atoms with van der Waals surface area (Å²) >= 11 is 0. The monoisotopic (exact) mass is 253 g/mol. The number of nitrogens with two attached hydrogens (primary N) is 1. The number of hydrogen-bond acceptors (Lipinski definition) is 3. The Morgan fingerprint density at radius 2 is 2.28 bits per heavy atom. The Morgan fingerprint density at radius 3 is 2.78 bits per heavy atom. The van der Waals surface area contributed by atoms with Crippen LogP contribution in [0.3, 0.4) is 0 Å². The van der Waals surface area contributed by atoms with Crippen LogP contribution < -0.4 is 5.90 Å². The Kier molecular flexibility index (Phi) is 4.44. The largest absolute Gasteiger partial charge is 0.478 e. The second kappa shape index (κ2) is 5.64. The van der Waals surface area contributed by atoms with Gasteiger partial charge in [0.2, 0.25) is 0 Å². The summed E-state index contributed by atoms with van der Waals surface area (Å²) in [5.74, 6) is 3.10. The number of aliphatic carboxylic acids is 1. The van der Waals surface area contributed by atoms with E-state index in [1.54, 1.807) is 13.0 Å². The van der Waals surface area contributed by atoms with E-state index in [0.717, 1.165) is 0 Å². The van der Waals surface area contributed by atoms with E-state index in [0.29, 0.717) is 17.6 Å². The number of hydrogen-bond donors (Lipinski definition) is 2. The van der Waals surface area contributed by atoms with Crippen molar-refractivity contribution in [2.24, 2.45) is 11.8 Å². The lowest BCUT2D eigenvalue weighted by atomic mass is 9.82. The Balaban J connectivity index is 3.15. The smallest absolute Gasteiger partial charge is 0.339 e. The second-order valence-electron chi connectivity index (χ2n) is 4.10. The van der Waals surface area contributed by atoms with Crippen LogP contribution in [0.25, 0.3) is 0 Å². The van der Waals surface area contributed by atoms with Crippen LogP contribution in [0.15, 0.2) is 47.0 Å². The van der Waals surface area contributed by atoms with Gasteiger partial charge in [-0.25, -0.2) is 9.18 Å². The van der Waals surface area contributed by atoms with Crippen LogP contribution >= 0.6 is 0 Å². The molecule has 0 bridgehead atoms. The molecule has 0 saturated carbocycles. The Hall–Kier alpha value is -1.88. The fourth-order valence-corrected chi connectivity index (χ4v) is 1.93. The molecule has 0 aliphatic heterocycles. The highest BCUT2D eigenvalue weighted by atomic mass is 19.1. The van der Waals surface area contributed by atoms with Gasteiger partial charge in [0.25, 0.3) is 0 Å². The molecule has 98 valence electrons. The van der Waals surface area contributed by atoms with Crippen LogP contribution in [-0.4, -0.2) is 11.1 Å². The molecule has 0 heterocycles. The van der Waals surface area contributed by atoms with Gasteiger partial charge in [0.15, 0.2) is 0 Å². The van der Waals surface area contributed by atoms with Gasteiger partial charge in [-0.3, -0.25) is 0 Å². The van der Waals surface area contributed by atoms with E-state index in [2.05, 4.69) is 11.4 Å². The fraction of sp³-hybridized carbons (Fsp3) is 0.308. The maximum absolute atomic E-state index is 13.5. The molecular weight excluding hydrogens is 237 g/mol. The standard InChI is InChI=1S/C13H16FNO3/c1-7-10(5-4-6-11(7)14)8(2)12(13(16)17)9(3)18-15/h4,6,10H,2,5,15H2,1,3H3,(H,16,17)/b12-9+. The second-order valence-corrected chi connectivity index (χ2v) is 4.10. The van der Waals surface area contributed by atoms with Gasteiger partial charge in [0.1, 0.15) is 17.2 Å². The first-order valence-corrected chi connectivity index (χ1v) is 5.43. The molecule has 0 fully saturated rings. The highest BCUT2D eigenvalue weighted by Crippen LogP contribution is 2.35. The number of carboxylic acids is 1. The third-order valence-electron chi connectivity index (χ3n) is 3.02. The molecule has 4 nitrogen and oxygen atoms in total. The van der Waals surface area contributed by atoms with E-state index >= 15 is 0 Å². The molecular formula is C13H16FNO3. The number of rotatable bonds is 4. The lowest BCUT2D eigenvalue weighted by Crippen LogP contribution is -2.17. The van der Waals surface area contributed by atoms with E-state index in [4.69, 9.17) is 11.0 Å². The number of carbonyl (C=O) groups is 1. The van der Waals surface area contributed by atoms with Crippen molar-refractivity contribution in [2.75, 3.05) is 0 Å². The van der Waals surface area contributed by atoms with Gasteiger partial charge in [-0.1, -0.05) is 12.7 Å². The van der Waals surface area contributed by atoms with Gasteiger partial charge < -0.3 is 9.94 Å². The summed E-state index contributed by atoms with van der Waals surface area (Å²) in [6.45, 7) is 6.80. The van der Waals surface area contributed by atoms with Crippen LogP contribution in [0, 0.1) is 5.92 Å². The zero-order valence-electron chi connectivity index (χ0n) is 10.4. The molecule has 1 unspecified atom stereocenters. The van der Waals surface area contributed by atoms with Crippen molar-refractivity contribution in [3.05, 3.63) is 47.0 Å². The first-order valence-electron chi connectivity index (χ1n) is 5.43. The van der Waals surface area contributed by atoms with Crippen molar-refractivity contribution in [1.29, 1.82) is 0 Å². The summed E-state index contributed by atoms with van der Waals surface area (Å²) in [7, 11) is 0. The van der Waals surface area contributed by atoms with Gasteiger partial charge >= 0.3 is 5.97 Å². The molecule has 0 saturated heterocycles. The highest BCUT2D eigenvalue weighted by Gasteiger charge is 2.27. The van der Waals surface area contributed by atoms with Crippen LogP contribution in [0.5, 0.6) is 0 Å². The molecule has 1 aliphatic rings.